The fourth-order valence-electron chi connectivity index (χ4n) is 2.51. The first kappa shape index (κ1) is 19.9. The van der Waals surface area contributed by atoms with Crippen LogP contribution in [0.15, 0.2) is 53.0 Å². The van der Waals surface area contributed by atoms with Crippen LogP contribution in [0, 0.1) is 0 Å². The second-order valence-corrected chi connectivity index (χ2v) is 6.55. The lowest BCUT2D eigenvalue weighted by Gasteiger charge is -2.23. The number of hydrogen-bond acceptors (Lipinski definition) is 4. The van der Waals surface area contributed by atoms with Crippen LogP contribution in [0.3, 0.4) is 0 Å². The van der Waals surface area contributed by atoms with Gasteiger partial charge in [0.15, 0.2) is 0 Å². The molecule has 0 unspecified atom stereocenters. The molecular formula is C19H22BrN3O3. The number of rotatable bonds is 6. The zero-order valence-electron chi connectivity index (χ0n) is 14.9. The van der Waals surface area contributed by atoms with E-state index in [0.29, 0.717) is 0 Å². The Labute approximate surface area is 161 Å². The van der Waals surface area contributed by atoms with Crippen LogP contribution >= 0.6 is 15.9 Å². The number of methoxy groups -OCH3 is 1. The molecule has 2 aromatic carbocycles. The Bertz CT molecular complexity index is 768. The maximum absolute atomic E-state index is 12.6. The van der Waals surface area contributed by atoms with Crippen molar-refractivity contribution >= 4 is 27.9 Å². The van der Waals surface area contributed by atoms with Crippen molar-refractivity contribution in [3.05, 3.63) is 64.1 Å². The fourth-order valence-corrected chi connectivity index (χ4v) is 3.07. The molecular weight excluding hydrogens is 398 g/mol. The van der Waals surface area contributed by atoms with Crippen molar-refractivity contribution in [3.8, 4) is 5.75 Å². The first-order valence-electron chi connectivity index (χ1n) is 8.13. The van der Waals surface area contributed by atoms with Gasteiger partial charge in [-0.1, -0.05) is 36.4 Å². The van der Waals surface area contributed by atoms with Gasteiger partial charge >= 0.3 is 6.03 Å². The molecule has 0 fully saturated rings. The Morgan fingerprint density at radius 3 is 2.35 bits per heavy atom. The van der Waals surface area contributed by atoms with E-state index >= 15 is 0 Å². The molecule has 3 N–H and O–H groups in total. The number of carbonyl (C=O) groups is 2. The third-order valence-corrected chi connectivity index (χ3v) is 4.57. The van der Waals surface area contributed by atoms with Gasteiger partial charge in [0, 0.05) is 13.1 Å². The van der Waals surface area contributed by atoms with Crippen molar-refractivity contribution in [3.63, 3.8) is 0 Å². The van der Waals surface area contributed by atoms with E-state index in [9.17, 15) is 9.59 Å². The van der Waals surface area contributed by atoms with E-state index in [1.165, 1.54) is 7.05 Å². The summed E-state index contributed by atoms with van der Waals surface area (Å²) in [6.45, 7) is 1.96. The highest BCUT2D eigenvalue weighted by atomic mass is 79.9. The molecule has 0 saturated heterocycles. The van der Waals surface area contributed by atoms with E-state index in [1.54, 1.807) is 7.11 Å². The molecule has 0 aliphatic rings. The van der Waals surface area contributed by atoms with Gasteiger partial charge in [-0.05, 0) is 46.1 Å². The lowest BCUT2D eigenvalue weighted by molar-refractivity contribution is -0.122. The molecule has 0 saturated carbocycles. The molecule has 138 valence electrons. The molecule has 0 spiro atoms. The van der Waals surface area contributed by atoms with Gasteiger partial charge in [0.1, 0.15) is 11.8 Å². The summed E-state index contributed by atoms with van der Waals surface area (Å²) < 4.78 is 6.08. The second kappa shape index (κ2) is 9.35. The summed E-state index contributed by atoms with van der Waals surface area (Å²) in [5.41, 5.74) is 1.75. The minimum Gasteiger partial charge on any atom is -0.496 e. The highest BCUT2D eigenvalue weighted by molar-refractivity contribution is 9.10. The molecule has 2 aromatic rings. The maximum Gasteiger partial charge on any atom is 0.321 e. The van der Waals surface area contributed by atoms with Crippen LogP contribution < -0.4 is 20.7 Å². The third-order valence-electron chi connectivity index (χ3n) is 3.95. The number of urea groups is 1. The number of ether oxygens (including phenoxy) is 1. The quantitative estimate of drug-likeness (QED) is 0.670. The van der Waals surface area contributed by atoms with Crippen molar-refractivity contribution in [2.45, 2.75) is 19.0 Å². The maximum atomic E-state index is 12.6. The summed E-state index contributed by atoms with van der Waals surface area (Å²) in [6.07, 6.45) is 0. The van der Waals surface area contributed by atoms with E-state index < -0.39 is 18.0 Å². The van der Waals surface area contributed by atoms with Gasteiger partial charge in [0.05, 0.1) is 11.6 Å². The van der Waals surface area contributed by atoms with Gasteiger partial charge in [0.25, 0.3) is 0 Å². The largest absolute Gasteiger partial charge is 0.496 e. The number of imide groups is 1. The van der Waals surface area contributed by atoms with Crippen LogP contribution in [0.5, 0.6) is 5.75 Å². The summed E-state index contributed by atoms with van der Waals surface area (Å²) >= 11 is 3.47. The van der Waals surface area contributed by atoms with Crippen molar-refractivity contribution in [2.24, 2.45) is 0 Å². The van der Waals surface area contributed by atoms with E-state index in [-0.39, 0.29) is 6.04 Å². The van der Waals surface area contributed by atoms with Crippen molar-refractivity contribution in [1.29, 1.82) is 0 Å². The predicted octanol–water partition coefficient (Wildman–Crippen LogP) is 3.31. The minimum atomic E-state index is -0.677. The molecule has 3 amide bonds. The van der Waals surface area contributed by atoms with Crippen LogP contribution in [-0.4, -0.2) is 26.1 Å². The van der Waals surface area contributed by atoms with Crippen LogP contribution in [0.2, 0.25) is 0 Å². The molecule has 0 heterocycles. The minimum absolute atomic E-state index is 0.141. The Morgan fingerprint density at radius 1 is 1.08 bits per heavy atom. The van der Waals surface area contributed by atoms with Gasteiger partial charge in [-0.25, -0.2) is 4.79 Å². The van der Waals surface area contributed by atoms with Crippen LogP contribution in [0.1, 0.15) is 30.1 Å². The molecule has 26 heavy (non-hydrogen) atoms. The topological polar surface area (TPSA) is 79.5 Å². The zero-order chi connectivity index (χ0) is 19.1. The number of carbonyl (C=O) groups excluding carboxylic acids is 2. The molecule has 6 nitrogen and oxygen atoms in total. The monoisotopic (exact) mass is 419 g/mol. The van der Waals surface area contributed by atoms with Crippen molar-refractivity contribution < 1.29 is 14.3 Å². The van der Waals surface area contributed by atoms with E-state index in [0.717, 1.165) is 21.3 Å². The lowest BCUT2D eigenvalue weighted by Crippen LogP contribution is -2.44. The van der Waals surface area contributed by atoms with Crippen molar-refractivity contribution in [1.82, 2.24) is 16.0 Å². The van der Waals surface area contributed by atoms with Crippen LogP contribution in [-0.2, 0) is 4.79 Å². The highest BCUT2D eigenvalue weighted by Crippen LogP contribution is 2.29. The van der Waals surface area contributed by atoms with Gasteiger partial charge < -0.3 is 10.1 Å². The first-order chi connectivity index (χ1) is 12.5. The fraction of sp³-hybridized carbons (Fsp3) is 0.263. The molecule has 2 atom stereocenters. The molecule has 7 heteroatoms. The SMILES string of the molecule is CNC(=O)NC(=O)[C@H](N[C@@H](C)c1ccc(OC)c(Br)c1)c1ccccc1. The Hall–Kier alpha value is -2.38. The average molecular weight is 420 g/mol. The second-order valence-electron chi connectivity index (χ2n) is 5.69. The molecule has 0 radical (unpaired) electrons. The third kappa shape index (κ3) is 5.06. The van der Waals surface area contributed by atoms with E-state index in [2.05, 4.69) is 31.9 Å². The summed E-state index contributed by atoms with van der Waals surface area (Å²) in [5.74, 6) is 0.313. The normalized spacial score (nSPS) is 12.8. The number of hydrogen-bond donors (Lipinski definition) is 3. The Kier molecular flexibility index (Phi) is 7.17. The van der Waals surface area contributed by atoms with E-state index in [4.69, 9.17) is 4.74 Å². The molecule has 0 aliphatic heterocycles. The van der Waals surface area contributed by atoms with Gasteiger partial charge in [-0.15, -0.1) is 0 Å². The van der Waals surface area contributed by atoms with Crippen LogP contribution in [0.4, 0.5) is 4.79 Å². The zero-order valence-corrected chi connectivity index (χ0v) is 16.5. The molecule has 0 aliphatic carbocycles. The highest BCUT2D eigenvalue weighted by Gasteiger charge is 2.24. The number of nitrogens with one attached hydrogen (secondary N) is 3. The molecule has 2 rings (SSSR count). The van der Waals surface area contributed by atoms with E-state index in [1.807, 2.05) is 55.5 Å². The first-order valence-corrected chi connectivity index (χ1v) is 8.92. The van der Waals surface area contributed by atoms with Crippen molar-refractivity contribution in [2.75, 3.05) is 14.2 Å². The standard InChI is InChI=1S/C19H22BrN3O3/c1-12(14-9-10-16(26-3)15(20)11-14)22-17(13-7-5-4-6-8-13)18(24)23-19(25)21-2/h4-12,17,22H,1-3H3,(H2,21,23,24,25)/t12-,17+/m0/s1. The smallest absolute Gasteiger partial charge is 0.321 e. The number of benzene rings is 2. The number of halogens is 1. The van der Waals surface area contributed by atoms with Gasteiger partial charge in [0.2, 0.25) is 5.91 Å². The summed E-state index contributed by atoms with van der Waals surface area (Å²) in [7, 11) is 3.07. The predicted molar refractivity (Wildman–Crippen MR) is 104 cm³/mol. The summed E-state index contributed by atoms with van der Waals surface area (Å²) in [4.78, 5) is 24.1. The Balaban J connectivity index is 2.24. The lowest BCUT2D eigenvalue weighted by atomic mass is 10.0. The van der Waals surface area contributed by atoms with Gasteiger partial charge in [-0.2, -0.15) is 0 Å². The summed E-state index contributed by atoms with van der Waals surface area (Å²) in [6, 6.07) is 13.6. The summed E-state index contributed by atoms with van der Waals surface area (Å²) in [5, 5.41) is 8.01. The Morgan fingerprint density at radius 2 is 1.77 bits per heavy atom. The number of amides is 3. The van der Waals surface area contributed by atoms with Crippen LogP contribution in [0.25, 0.3) is 0 Å². The molecule has 0 aromatic heterocycles. The molecule has 0 bridgehead atoms. The van der Waals surface area contributed by atoms with Gasteiger partial charge in [-0.3, -0.25) is 15.4 Å². The average Bonchev–Trinajstić information content (AvgIpc) is 2.66.